The molecule has 0 unspecified atom stereocenters. The van der Waals surface area contributed by atoms with Gasteiger partial charge in [-0.1, -0.05) is 37.1 Å². The van der Waals surface area contributed by atoms with E-state index in [1.807, 2.05) is 19.1 Å². The summed E-state index contributed by atoms with van der Waals surface area (Å²) in [6, 6.07) is 0. The Morgan fingerprint density at radius 1 is 1.21 bits per heavy atom. The van der Waals surface area contributed by atoms with Crippen molar-refractivity contribution in [1.29, 1.82) is 0 Å². The Morgan fingerprint density at radius 2 is 1.86 bits per heavy atom. The standard InChI is InChI=1S/C13H22O/c1-5-7-13(11(3)4)9-8-12(6-2)10-14/h6,8-9,14H,5,7,10H2,1-4H3/b9-8-,12-6+. The van der Waals surface area contributed by atoms with E-state index >= 15 is 0 Å². The minimum Gasteiger partial charge on any atom is -0.392 e. The van der Waals surface area contributed by atoms with Gasteiger partial charge in [0.2, 0.25) is 0 Å². The molecule has 1 nitrogen and oxygen atoms in total. The average Bonchev–Trinajstić information content (AvgIpc) is 2.17. The Kier molecular flexibility index (Phi) is 7.13. The molecule has 0 amide bonds. The lowest BCUT2D eigenvalue weighted by Gasteiger charge is -2.03. The van der Waals surface area contributed by atoms with Crippen LogP contribution in [0.25, 0.3) is 0 Å². The maximum absolute atomic E-state index is 8.97. The van der Waals surface area contributed by atoms with Crippen LogP contribution in [0.5, 0.6) is 0 Å². The van der Waals surface area contributed by atoms with Crippen LogP contribution >= 0.6 is 0 Å². The summed E-state index contributed by atoms with van der Waals surface area (Å²) in [5.74, 6) is 0. The van der Waals surface area contributed by atoms with Gasteiger partial charge >= 0.3 is 0 Å². The third-order valence-electron chi connectivity index (χ3n) is 2.21. The van der Waals surface area contributed by atoms with Gasteiger partial charge in [0, 0.05) is 0 Å². The molecule has 0 atom stereocenters. The molecule has 0 spiro atoms. The first-order valence-corrected chi connectivity index (χ1v) is 5.26. The minimum atomic E-state index is 0.120. The van der Waals surface area contributed by atoms with E-state index in [0.717, 1.165) is 18.4 Å². The molecule has 0 aliphatic heterocycles. The molecule has 0 radical (unpaired) electrons. The van der Waals surface area contributed by atoms with E-state index in [2.05, 4.69) is 26.8 Å². The van der Waals surface area contributed by atoms with Crippen LogP contribution in [0.3, 0.4) is 0 Å². The molecule has 0 aromatic carbocycles. The molecule has 0 aromatic heterocycles. The number of hydrogen-bond donors (Lipinski definition) is 1. The van der Waals surface area contributed by atoms with Crippen LogP contribution in [0.1, 0.15) is 40.5 Å². The number of aliphatic hydroxyl groups excluding tert-OH is 1. The van der Waals surface area contributed by atoms with E-state index < -0.39 is 0 Å². The third-order valence-corrected chi connectivity index (χ3v) is 2.21. The molecular weight excluding hydrogens is 172 g/mol. The Morgan fingerprint density at radius 3 is 2.21 bits per heavy atom. The smallest absolute Gasteiger partial charge is 0.0678 e. The maximum Gasteiger partial charge on any atom is 0.0678 e. The van der Waals surface area contributed by atoms with Crippen LogP contribution in [0.4, 0.5) is 0 Å². The normalized spacial score (nSPS) is 12.2. The van der Waals surface area contributed by atoms with E-state index in [-0.39, 0.29) is 6.61 Å². The molecule has 0 saturated carbocycles. The molecule has 0 saturated heterocycles. The molecule has 0 fully saturated rings. The quantitative estimate of drug-likeness (QED) is 0.663. The topological polar surface area (TPSA) is 20.2 Å². The lowest BCUT2D eigenvalue weighted by atomic mass is 10.0. The maximum atomic E-state index is 8.97. The van der Waals surface area contributed by atoms with E-state index in [9.17, 15) is 0 Å². The first-order valence-electron chi connectivity index (χ1n) is 5.26. The van der Waals surface area contributed by atoms with Crippen molar-refractivity contribution < 1.29 is 5.11 Å². The second-order valence-corrected chi connectivity index (χ2v) is 3.63. The first kappa shape index (κ1) is 13.2. The molecule has 0 aliphatic rings. The van der Waals surface area contributed by atoms with Gasteiger partial charge in [0.1, 0.15) is 0 Å². The molecule has 0 rings (SSSR count). The highest BCUT2D eigenvalue weighted by Crippen LogP contribution is 2.13. The van der Waals surface area contributed by atoms with E-state index in [0.29, 0.717) is 0 Å². The van der Waals surface area contributed by atoms with Crippen molar-refractivity contribution in [2.75, 3.05) is 6.61 Å². The Balaban J connectivity index is 4.53. The fourth-order valence-electron chi connectivity index (χ4n) is 1.22. The van der Waals surface area contributed by atoms with Crippen LogP contribution in [-0.4, -0.2) is 11.7 Å². The summed E-state index contributed by atoms with van der Waals surface area (Å²) < 4.78 is 0. The van der Waals surface area contributed by atoms with Gasteiger partial charge in [-0.3, -0.25) is 0 Å². The van der Waals surface area contributed by atoms with Crippen molar-refractivity contribution in [2.24, 2.45) is 0 Å². The third kappa shape index (κ3) is 5.03. The molecule has 1 N–H and O–H groups in total. The SMILES string of the molecule is C/C=C(\C=C/C(CCC)=C(C)C)CO. The lowest BCUT2D eigenvalue weighted by Crippen LogP contribution is -1.87. The summed E-state index contributed by atoms with van der Waals surface area (Å²) in [6.45, 7) is 8.50. The Hall–Kier alpha value is -0.820. The van der Waals surface area contributed by atoms with Crippen LogP contribution in [0, 0.1) is 0 Å². The number of hydrogen-bond acceptors (Lipinski definition) is 1. The number of rotatable bonds is 5. The van der Waals surface area contributed by atoms with Gasteiger partial charge in [0.25, 0.3) is 0 Å². The summed E-state index contributed by atoms with van der Waals surface area (Å²) in [5.41, 5.74) is 3.71. The zero-order valence-corrected chi connectivity index (χ0v) is 9.80. The van der Waals surface area contributed by atoms with Gasteiger partial charge < -0.3 is 5.11 Å². The fraction of sp³-hybridized carbons (Fsp3) is 0.538. The monoisotopic (exact) mass is 194 g/mol. The minimum absolute atomic E-state index is 0.120. The molecule has 1 heteroatoms. The summed E-state index contributed by atoms with van der Waals surface area (Å²) in [5, 5.41) is 8.97. The Bertz CT molecular complexity index is 240. The van der Waals surface area contributed by atoms with Crippen molar-refractivity contribution >= 4 is 0 Å². The van der Waals surface area contributed by atoms with Crippen LogP contribution in [-0.2, 0) is 0 Å². The predicted octanol–water partition coefficient (Wildman–Crippen LogP) is 3.62. The van der Waals surface area contributed by atoms with Crippen molar-refractivity contribution in [2.45, 2.75) is 40.5 Å². The summed E-state index contributed by atoms with van der Waals surface area (Å²) in [7, 11) is 0. The van der Waals surface area contributed by atoms with E-state index in [1.165, 1.54) is 11.1 Å². The largest absolute Gasteiger partial charge is 0.392 e. The zero-order valence-electron chi connectivity index (χ0n) is 9.80. The van der Waals surface area contributed by atoms with E-state index in [4.69, 9.17) is 5.11 Å². The molecule has 0 aliphatic carbocycles. The van der Waals surface area contributed by atoms with Gasteiger partial charge in [-0.15, -0.1) is 0 Å². The van der Waals surface area contributed by atoms with Crippen LogP contribution < -0.4 is 0 Å². The predicted molar refractivity (Wildman–Crippen MR) is 63.3 cm³/mol. The van der Waals surface area contributed by atoms with E-state index in [1.54, 1.807) is 0 Å². The Labute approximate surface area is 87.8 Å². The highest BCUT2D eigenvalue weighted by Gasteiger charge is 1.94. The van der Waals surface area contributed by atoms with Crippen LogP contribution in [0.15, 0.2) is 34.9 Å². The summed E-state index contributed by atoms with van der Waals surface area (Å²) in [4.78, 5) is 0. The van der Waals surface area contributed by atoms with Crippen molar-refractivity contribution in [3.8, 4) is 0 Å². The average molecular weight is 194 g/mol. The second-order valence-electron chi connectivity index (χ2n) is 3.63. The molecular formula is C13H22O. The summed E-state index contributed by atoms with van der Waals surface area (Å²) in [6.07, 6.45) is 8.32. The van der Waals surface area contributed by atoms with Crippen molar-refractivity contribution in [3.63, 3.8) is 0 Å². The van der Waals surface area contributed by atoms with Gasteiger partial charge in [0.15, 0.2) is 0 Å². The van der Waals surface area contributed by atoms with Crippen LogP contribution in [0.2, 0.25) is 0 Å². The highest BCUT2D eigenvalue weighted by molar-refractivity contribution is 5.30. The van der Waals surface area contributed by atoms with Gasteiger partial charge in [0.05, 0.1) is 6.61 Å². The summed E-state index contributed by atoms with van der Waals surface area (Å²) >= 11 is 0. The second kappa shape index (κ2) is 7.57. The lowest BCUT2D eigenvalue weighted by molar-refractivity contribution is 0.335. The first-order chi connectivity index (χ1) is 6.65. The van der Waals surface area contributed by atoms with Gasteiger partial charge in [-0.2, -0.15) is 0 Å². The van der Waals surface area contributed by atoms with Gasteiger partial charge in [-0.05, 0) is 38.3 Å². The van der Waals surface area contributed by atoms with Gasteiger partial charge in [-0.25, -0.2) is 0 Å². The molecule has 0 heterocycles. The molecule has 0 aromatic rings. The number of aliphatic hydroxyl groups is 1. The zero-order chi connectivity index (χ0) is 11.0. The van der Waals surface area contributed by atoms with Crippen molar-refractivity contribution in [3.05, 3.63) is 34.9 Å². The molecule has 80 valence electrons. The van der Waals surface area contributed by atoms with Crippen molar-refractivity contribution in [1.82, 2.24) is 0 Å². The molecule has 0 bridgehead atoms. The fourth-order valence-corrected chi connectivity index (χ4v) is 1.22. The number of allylic oxidation sites excluding steroid dienone is 4. The highest BCUT2D eigenvalue weighted by atomic mass is 16.3. The molecule has 14 heavy (non-hydrogen) atoms.